The van der Waals surface area contributed by atoms with E-state index in [0.29, 0.717) is 15.8 Å². The third-order valence-corrected chi connectivity index (χ3v) is 4.67. The number of para-hydroxylation sites is 1. The molecule has 0 fully saturated rings. The molecule has 1 amide bonds. The highest BCUT2D eigenvalue weighted by atomic mass is 19.4. The second-order valence-corrected chi connectivity index (χ2v) is 6.90. The zero-order valence-electron chi connectivity index (χ0n) is 17.1. The van der Waals surface area contributed by atoms with Gasteiger partial charge in [-0.25, -0.2) is 4.98 Å². The summed E-state index contributed by atoms with van der Waals surface area (Å²) < 4.78 is 86.0. The van der Waals surface area contributed by atoms with Crippen LogP contribution in [-0.4, -0.2) is 32.6 Å². The van der Waals surface area contributed by atoms with Crippen molar-refractivity contribution in [2.75, 3.05) is 12.4 Å². The largest absolute Gasteiger partial charge is 0.497 e. The SMILES string of the molecule is COc1ccc(-c2cc(C(F)(F)F)n3nc(C(=O)Nc4ccccc4C(F)(F)F)nc3n2)cc1. The van der Waals surface area contributed by atoms with Gasteiger partial charge >= 0.3 is 12.4 Å². The summed E-state index contributed by atoms with van der Waals surface area (Å²) in [7, 11) is 1.43. The molecule has 0 bridgehead atoms. The number of halogens is 6. The summed E-state index contributed by atoms with van der Waals surface area (Å²) in [5.41, 5.74) is -2.80. The molecular weight excluding hydrogens is 468 g/mol. The molecule has 7 nitrogen and oxygen atoms in total. The second-order valence-electron chi connectivity index (χ2n) is 6.90. The number of benzene rings is 2. The molecule has 0 atom stereocenters. The monoisotopic (exact) mass is 481 g/mol. The van der Waals surface area contributed by atoms with E-state index in [9.17, 15) is 31.1 Å². The lowest BCUT2D eigenvalue weighted by Gasteiger charge is -2.12. The smallest absolute Gasteiger partial charge is 0.433 e. The Morgan fingerprint density at radius 2 is 1.62 bits per heavy atom. The van der Waals surface area contributed by atoms with Gasteiger partial charge in [-0.05, 0) is 42.5 Å². The zero-order valence-corrected chi connectivity index (χ0v) is 17.1. The predicted octanol–water partition coefficient (Wildman–Crippen LogP) is 5.09. The van der Waals surface area contributed by atoms with Gasteiger partial charge in [-0.2, -0.15) is 35.8 Å². The maximum absolute atomic E-state index is 13.7. The van der Waals surface area contributed by atoms with Gasteiger partial charge in [0, 0.05) is 5.56 Å². The highest BCUT2D eigenvalue weighted by Crippen LogP contribution is 2.35. The van der Waals surface area contributed by atoms with Crippen LogP contribution >= 0.6 is 0 Å². The summed E-state index contributed by atoms with van der Waals surface area (Å²) in [4.78, 5) is 20.3. The van der Waals surface area contributed by atoms with E-state index in [1.165, 1.54) is 37.4 Å². The summed E-state index contributed by atoms with van der Waals surface area (Å²) in [6.07, 6.45) is -9.67. The van der Waals surface area contributed by atoms with Gasteiger partial charge < -0.3 is 10.1 Å². The van der Waals surface area contributed by atoms with Crippen molar-refractivity contribution in [3.05, 3.63) is 71.7 Å². The molecule has 0 radical (unpaired) electrons. The fourth-order valence-corrected chi connectivity index (χ4v) is 3.09. The Hall–Kier alpha value is -4.16. The van der Waals surface area contributed by atoms with Crippen LogP contribution in [0.3, 0.4) is 0 Å². The van der Waals surface area contributed by atoms with Gasteiger partial charge in [0.25, 0.3) is 11.7 Å². The van der Waals surface area contributed by atoms with Crippen LogP contribution in [0.2, 0.25) is 0 Å². The van der Waals surface area contributed by atoms with Crippen molar-refractivity contribution in [2.24, 2.45) is 0 Å². The maximum atomic E-state index is 13.7. The number of methoxy groups -OCH3 is 1. The first-order valence-electron chi connectivity index (χ1n) is 9.44. The van der Waals surface area contributed by atoms with Gasteiger partial charge in [0.05, 0.1) is 24.1 Å². The number of hydrogen-bond acceptors (Lipinski definition) is 5. The summed E-state index contributed by atoms with van der Waals surface area (Å²) in [5.74, 6) is -2.11. The number of aromatic nitrogens is 4. The number of alkyl halides is 6. The zero-order chi connectivity index (χ0) is 24.7. The first-order valence-corrected chi connectivity index (χ1v) is 9.44. The number of hydrogen-bond donors (Lipinski definition) is 1. The number of rotatable bonds is 4. The average molecular weight is 481 g/mol. The molecule has 1 N–H and O–H groups in total. The van der Waals surface area contributed by atoms with Crippen LogP contribution in [0.4, 0.5) is 32.0 Å². The van der Waals surface area contributed by atoms with Crippen molar-refractivity contribution in [3.8, 4) is 17.0 Å². The van der Waals surface area contributed by atoms with Gasteiger partial charge in [-0.15, -0.1) is 5.10 Å². The molecule has 0 saturated carbocycles. The summed E-state index contributed by atoms with van der Waals surface area (Å²) >= 11 is 0. The van der Waals surface area contributed by atoms with E-state index in [1.54, 1.807) is 0 Å². The quantitative estimate of drug-likeness (QED) is 0.411. The molecule has 0 aliphatic rings. The maximum Gasteiger partial charge on any atom is 0.433 e. The lowest BCUT2D eigenvalue weighted by atomic mass is 10.1. The summed E-state index contributed by atoms with van der Waals surface area (Å²) in [5, 5.41) is 5.53. The van der Waals surface area contributed by atoms with Crippen molar-refractivity contribution < 1.29 is 35.9 Å². The fraction of sp³-hybridized carbons (Fsp3) is 0.143. The number of carbonyl (C=O) groups is 1. The van der Waals surface area contributed by atoms with E-state index in [-0.39, 0.29) is 5.69 Å². The first-order chi connectivity index (χ1) is 16.0. The standard InChI is InChI=1S/C21H13F6N5O2/c1-34-12-8-6-11(7-9-12)15-10-16(21(25,26)27)32-19(29-15)30-17(31-32)18(33)28-14-5-3-2-4-13(14)20(22,23)24/h2-10H,1H3,(H,28,33). The second kappa shape index (κ2) is 8.32. The van der Waals surface area contributed by atoms with Crippen LogP contribution in [0, 0.1) is 0 Å². The topological polar surface area (TPSA) is 81.4 Å². The predicted molar refractivity (Wildman–Crippen MR) is 107 cm³/mol. The molecule has 34 heavy (non-hydrogen) atoms. The van der Waals surface area contributed by atoms with Crippen molar-refractivity contribution >= 4 is 17.4 Å². The molecule has 2 heterocycles. The minimum Gasteiger partial charge on any atom is -0.497 e. The van der Waals surface area contributed by atoms with E-state index in [4.69, 9.17) is 4.74 Å². The number of nitrogens with zero attached hydrogens (tertiary/aromatic N) is 4. The molecule has 4 rings (SSSR count). The third kappa shape index (κ3) is 4.49. The van der Waals surface area contributed by atoms with Crippen LogP contribution in [0.1, 0.15) is 21.9 Å². The van der Waals surface area contributed by atoms with Crippen molar-refractivity contribution in [1.82, 2.24) is 19.6 Å². The number of nitrogens with one attached hydrogen (secondary N) is 1. The van der Waals surface area contributed by atoms with Crippen LogP contribution in [-0.2, 0) is 12.4 Å². The number of ether oxygens (including phenoxy) is 1. The van der Waals surface area contributed by atoms with Crippen LogP contribution < -0.4 is 10.1 Å². The lowest BCUT2D eigenvalue weighted by Crippen LogP contribution is -2.18. The van der Waals surface area contributed by atoms with Crippen LogP contribution in [0.5, 0.6) is 5.75 Å². The summed E-state index contributed by atoms with van der Waals surface area (Å²) in [6, 6.07) is 10.9. The molecule has 2 aromatic heterocycles. The molecular formula is C21H13F6N5O2. The Morgan fingerprint density at radius 3 is 2.24 bits per heavy atom. The van der Waals surface area contributed by atoms with E-state index < -0.39 is 46.8 Å². The number of carbonyl (C=O) groups excluding carboxylic acids is 1. The van der Waals surface area contributed by atoms with Gasteiger partial charge in [0.1, 0.15) is 5.75 Å². The van der Waals surface area contributed by atoms with E-state index in [1.807, 2.05) is 5.32 Å². The van der Waals surface area contributed by atoms with Crippen LogP contribution in [0.15, 0.2) is 54.6 Å². The van der Waals surface area contributed by atoms with Crippen molar-refractivity contribution in [3.63, 3.8) is 0 Å². The Bertz CT molecular complexity index is 1360. The van der Waals surface area contributed by atoms with E-state index in [2.05, 4.69) is 15.1 Å². The molecule has 4 aromatic rings. The molecule has 0 unspecified atom stereocenters. The number of anilines is 1. The molecule has 0 spiro atoms. The summed E-state index contributed by atoms with van der Waals surface area (Å²) in [6.45, 7) is 0. The minimum atomic E-state index is -4.90. The number of fused-ring (bicyclic) bond motifs is 1. The minimum absolute atomic E-state index is 0.107. The highest BCUT2D eigenvalue weighted by molar-refractivity contribution is 6.02. The van der Waals surface area contributed by atoms with E-state index in [0.717, 1.165) is 24.3 Å². The molecule has 2 aromatic carbocycles. The van der Waals surface area contributed by atoms with Crippen molar-refractivity contribution in [1.29, 1.82) is 0 Å². The molecule has 0 saturated heterocycles. The highest BCUT2D eigenvalue weighted by Gasteiger charge is 2.37. The Morgan fingerprint density at radius 1 is 0.941 bits per heavy atom. The normalized spacial score (nSPS) is 12.1. The van der Waals surface area contributed by atoms with Gasteiger partial charge in [0.15, 0.2) is 5.69 Å². The Kier molecular flexibility index (Phi) is 5.63. The van der Waals surface area contributed by atoms with Gasteiger partial charge in [-0.1, -0.05) is 12.1 Å². The van der Waals surface area contributed by atoms with Crippen LogP contribution in [0.25, 0.3) is 17.0 Å². The Labute approximate surface area is 187 Å². The van der Waals surface area contributed by atoms with Crippen molar-refractivity contribution in [2.45, 2.75) is 12.4 Å². The van der Waals surface area contributed by atoms with Gasteiger partial charge in [-0.3, -0.25) is 4.79 Å². The fourth-order valence-electron chi connectivity index (χ4n) is 3.09. The molecule has 176 valence electrons. The Balaban J connectivity index is 1.77. The molecule has 13 heteroatoms. The molecule has 0 aliphatic heterocycles. The van der Waals surface area contributed by atoms with Gasteiger partial charge in [0.2, 0.25) is 5.82 Å². The van der Waals surface area contributed by atoms with E-state index >= 15 is 0 Å². The lowest BCUT2D eigenvalue weighted by molar-refractivity contribution is -0.142. The average Bonchev–Trinajstić information content (AvgIpc) is 3.22. The first kappa shape index (κ1) is 23.0. The third-order valence-electron chi connectivity index (χ3n) is 4.67. The number of amides is 1. The molecule has 0 aliphatic carbocycles.